The van der Waals surface area contributed by atoms with Crippen LogP contribution in [-0.4, -0.2) is 26.5 Å². The summed E-state index contributed by atoms with van der Waals surface area (Å²) in [5.41, 5.74) is 6.45. The summed E-state index contributed by atoms with van der Waals surface area (Å²) in [7, 11) is 2.04. The van der Waals surface area contributed by atoms with Gasteiger partial charge in [0, 0.05) is 29.5 Å². The molecule has 0 fully saturated rings. The van der Waals surface area contributed by atoms with Crippen LogP contribution >= 0.6 is 22.9 Å². The predicted octanol–water partition coefficient (Wildman–Crippen LogP) is 1.22. The Morgan fingerprint density at radius 1 is 1.47 bits per heavy atom. The number of rotatable bonds is 5. The van der Waals surface area contributed by atoms with Crippen LogP contribution in [0, 0.1) is 6.92 Å². The van der Waals surface area contributed by atoms with Crippen molar-refractivity contribution in [1.82, 2.24) is 19.5 Å². The topological polar surface area (TPSA) is 80.0 Å². The van der Waals surface area contributed by atoms with E-state index in [4.69, 9.17) is 5.84 Å². The largest absolute Gasteiger partial charge is 0.313 e. The molecule has 92 valence electrons. The Bertz CT molecular complexity index is 479. The van der Waals surface area contributed by atoms with Crippen molar-refractivity contribution in [2.45, 2.75) is 20.0 Å². The van der Waals surface area contributed by atoms with Gasteiger partial charge >= 0.3 is 0 Å². The zero-order valence-electron chi connectivity index (χ0n) is 9.67. The number of nitrogen functional groups attached to an aromatic ring is 1. The van der Waals surface area contributed by atoms with Crippen molar-refractivity contribution in [3.63, 3.8) is 0 Å². The van der Waals surface area contributed by atoms with E-state index in [9.17, 15) is 0 Å². The van der Waals surface area contributed by atoms with Crippen LogP contribution in [0.1, 0.15) is 16.3 Å². The van der Waals surface area contributed by atoms with E-state index < -0.39 is 0 Å². The van der Waals surface area contributed by atoms with E-state index in [2.05, 4.69) is 24.9 Å². The minimum absolute atomic E-state index is 0.716. The molecule has 0 saturated carbocycles. The normalized spacial score (nSPS) is 11.1. The molecule has 0 aliphatic carbocycles. The number of hydrazine groups is 1. The Balaban J connectivity index is 1.98. The third kappa shape index (κ3) is 2.97. The summed E-state index contributed by atoms with van der Waals surface area (Å²) >= 11 is 2.94. The smallest absolute Gasteiger partial charge is 0.148 e. The fourth-order valence-corrected chi connectivity index (χ4v) is 2.80. The molecule has 2 heterocycles. The Morgan fingerprint density at radius 2 is 2.29 bits per heavy atom. The minimum atomic E-state index is 0.716. The molecular formula is C9H14N6S2. The third-order valence-electron chi connectivity index (χ3n) is 2.36. The molecule has 0 aliphatic heterocycles. The molecule has 0 aromatic carbocycles. The Hall–Kier alpha value is -1.09. The number of hydrogen-bond donors (Lipinski definition) is 2. The maximum atomic E-state index is 5.38. The van der Waals surface area contributed by atoms with Crippen LogP contribution < -0.4 is 11.3 Å². The first kappa shape index (κ1) is 12.4. The highest BCUT2D eigenvalue weighted by molar-refractivity contribution is 7.10. The SMILES string of the molecule is Cc1ncsc1CN(C)Cc1nnsc1NN. The van der Waals surface area contributed by atoms with E-state index in [1.54, 1.807) is 11.3 Å². The maximum Gasteiger partial charge on any atom is 0.148 e. The molecule has 0 unspecified atom stereocenters. The average molecular weight is 270 g/mol. The molecule has 17 heavy (non-hydrogen) atoms. The van der Waals surface area contributed by atoms with Crippen molar-refractivity contribution in [3.8, 4) is 0 Å². The standard InChI is InChI=1S/C9H14N6S2/c1-6-8(16-5-11-6)4-15(2)3-7-9(12-10)17-14-13-7/h5,12H,3-4,10H2,1-2H3. The van der Waals surface area contributed by atoms with Crippen LogP contribution in [-0.2, 0) is 13.1 Å². The van der Waals surface area contributed by atoms with Gasteiger partial charge in [-0.3, -0.25) is 4.90 Å². The molecule has 0 atom stereocenters. The Morgan fingerprint density at radius 3 is 2.94 bits per heavy atom. The van der Waals surface area contributed by atoms with Crippen molar-refractivity contribution in [2.24, 2.45) is 5.84 Å². The van der Waals surface area contributed by atoms with Gasteiger partial charge in [-0.15, -0.1) is 16.4 Å². The highest BCUT2D eigenvalue weighted by atomic mass is 32.1. The average Bonchev–Trinajstić information content (AvgIpc) is 2.89. The second kappa shape index (κ2) is 5.50. The molecule has 6 nitrogen and oxygen atoms in total. The van der Waals surface area contributed by atoms with Gasteiger partial charge in [0.25, 0.3) is 0 Å². The summed E-state index contributed by atoms with van der Waals surface area (Å²) in [6.07, 6.45) is 0. The van der Waals surface area contributed by atoms with E-state index in [0.717, 1.165) is 22.9 Å². The van der Waals surface area contributed by atoms with Gasteiger partial charge in [0.1, 0.15) is 10.7 Å². The van der Waals surface area contributed by atoms with Gasteiger partial charge in [-0.05, 0) is 14.0 Å². The number of thiazole rings is 1. The zero-order valence-corrected chi connectivity index (χ0v) is 11.3. The lowest BCUT2D eigenvalue weighted by atomic mass is 10.3. The molecule has 2 aromatic heterocycles. The second-order valence-corrected chi connectivity index (χ2v) is 5.42. The van der Waals surface area contributed by atoms with Crippen LogP contribution in [0.4, 0.5) is 5.00 Å². The van der Waals surface area contributed by atoms with Crippen molar-refractivity contribution in [1.29, 1.82) is 0 Å². The summed E-state index contributed by atoms with van der Waals surface area (Å²) in [6.45, 7) is 3.60. The summed E-state index contributed by atoms with van der Waals surface area (Å²) in [5.74, 6) is 5.38. The van der Waals surface area contributed by atoms with Gasteiger partial charge in [0.05, 0.1) is 11.2 Å². The molecular weight excluding hydrogens is 256 g/mol. The molecule has 8 heteroatoms. The lowest BCUT2D eigenvalue weighted by Gasteiger charge is -2.14. The minimum Gasteiger partial charge on any atom is -0.313 e. The van der Waals surface area contributed by atoms with Crippen LogP contribution in [0.15, 0.2) is 5.51 Å². The van der Waals surface area contributed by atoms with Gasteiger partial charge < -0.3 is 5.43 Å². The number of anilines is 1. The summed E-state index contributed by atoms with van der Waals surface area (Å²) in [5, 5.41) is 4.87. The molecule has 0 aliphatic rings. The Kier molecular flexibility index (Phi) is 4.00. The molecule has 2 rings (SSSR count). The van der Waals surface area contributed by atoms with E-state index in [1.807, 2.05) is 19.5 Å². The number of nitrogens with one attached hydrogen (secondary N) is 1. The summed E-state index contributed by atoms with van der Waals surface area (Å²) in [6, 6.07) is 0. The molecule has 2 aromatic rings. The van der Waals surface area contributed by atoms with E-state index in [-0.39, 0.29) is 0 Å². The molecule has 0 saturated heterocycles. The van der Waals surface area contributed by atoms with Gasteiger partial charge in [0.2, 0.25) is 0 Å². The number of aryl methyl sites for hydroxylation is 1. The van der Waals surface area contributed by atoms with Crippen molar-refractivity contribution >= 4 is 27.9 Å². The lowest BCUT2D eigenvalue weighted by molar-refractivity contribution is 0.317. The predicted molar refractivity (Wildman–Crippen MR) is 69.7 cm³/mol. The zero-order chi connectivity index (χ0) is 12.3. The van der Waals surface area contributed by atoms with Gasteiger partial charge in [-0.2, -0.15) is 0 Å². The number of nitrogens with two attached hydrogens (primary N) is 1. The summed E-state index contributed by atoms with van der Waals surface area (Å²) in [4.78, 5) is 7.67. The van der Waals surface area contributed by atoms with Crippen LogP contribution in [0.5, 0.6) is 0 Å². The van der Waals surface area contributed by atoms with Crippen LogP contribution in [0.3, 0.4) is 0 Å². The number of aromatic nitrogens is 3. The molecule has 0 radical (unpaired) electrons. The molecule has 0 bridgehead atoms. The van der Waals surface area contributed by atoms with Crippen molar-refractivity contribution in [3.05, 3.63) is 21.8 Å². The highest BCUT2D eigenvalue weighted by Gasteiger charge is 2.11. The third-order valence-corrected chi connectivity index (χ3v) is 3.98. The quantitative estimate of drug-likeness (QED) is 0.628. The first-order valence-corrected chi connectivity index (χ1v) is 6.71. The van der Waals surface area contributed by atoms with Crippen molar-refractivity contribution in [2.75, 3.05) is 12.5 Å². The highest BCUT2D eigenvalue weighted by Crippen LogP contribution is 2.19. The first-order chi connectivity index (χ1) is 8.20. The fraction of sp³-hybridized carbons (Fsp3) is 0.444. The lowest BCUT2D eigenvalue weighted by Crippen LogP contribution is -2.19. The van der Waals surface area contributed by atoms with Crippen LogP contribution in [0.2, 0.25) is 0 Å². The van der Waals surface area contributed by atoms with E-state index >= 15 is 0 Å². The summed E-state index contributed by atoms with van der Waals surface area (Å²) < 4.78 is 3.87. The second-order valence-electron chi connectivity index (χ2n) is 3.73. The number of nitrogens with zero attached hydrogens (tertiary/aromatic N) is 4. The molecule has 0 spiro atoms. The van der Waals surface area contributed by atoms with Gasteiger partial charge in [-0.1, -0.05) is 4.49 Å². The molecule has 0 amide bonds. The Labute approximate surface area is 108 Å². The maximum absolute atomic E-state index is 5.38. The van der Waals surface area contributed by atoms with Gasteiger partial charge in [0.15, 0.2) is 0 Å². The van der Waals surface area contributed by atoms with Crippen molar-refractivity contribution < 1.29 is 0 Å². The monoisotopic (exact) mass is 270 g/mol. The fourth-order valence-electron chi connectivity index (χ4n) is 1.46. The van der Waals surface area contributed by atoms with Gasteiger partial charge in [-0.25, -0.2) is 10.8 Å². The number of hydrogen-bond acceptors (Lipinski definition) is 8. The van der Waals surface area contributed by atoms with Crippen LogP contribution in [0.25, 0.3) is 0 Å². The van der Waals surface area contributed by atoms with E-state index in [0.29, 0.717) is 6.54 Å². The first-order valence-electron chi connectivity index (χ1n) is 5.06. The molecule has 3 N–H and O–H groups in total. The van der Waals surface area contributed by atoms with E-state index in [1.165, 1.54) is 16.4 Å².